The molecule has 2 aromatic carbocycles. The molecule has 0 amide bonds. The summed E-state index contributed by atoms with van der Waals surface area (Å²) < 4.78 is 2.68. The first-order valence-electron chi connectivity index (χ1n) is 8.48. The molecule has 1 heterocycles. The monoisotopic (exact) mass is 438 g/mol. The van der Waals surface area contributed by atoms with E-state index < -0.39 is 0 Å². The molecule has 136 valence electrons. The highest BCUT2D eigenvalue weighted by atomic mass is 79.9. The number of nitrogens with zero attached hydrogens (tertiary/aromatic N) is 1. The van der Waals surface area contributed by atoms with Gasteiger partial charge in [-0.2, -0.15) is 4.57 Å². The molecule has 0 bridgehead atoms. The van der Waals surface area contributed by atoms with Crippen LogP contribution in [0.2, 0.25) is 0 Å². The average molecular weight is 439 g/mol. The van der Waals surface area contributed by atoms with Crippen molar-refractivity contribution in [2.75, 3.05) is 5.32 Å². The lowest BCUT2D eigenvalue weighted by Crippen LogP contribution is -2.39. The number of pyridine rings is 1. The maximum absolute atomic E-state index is 13.2. The van der Waals surface area contributed by atoms with Gasteiger partial charge >= 0.3 is 0 Å². The van der Waals surface area contributed by atoms with Crippen LogP contribution in [0.4, 0.5) is 5.69 Å². The molecule has 3 nitrogen and oxygen atoms in total. The molecule has 0 aliphatic rings. The van der Waals surface area contributed by atoms with E-state index >= 15 is 0 Å². The second-order valence-electron chi connectivity index (χ2n) is 6.24. The first-order valence-corrected chi connectivity index (χ1v) is 9.68. The van der Waals surface area contributed by atoms with Crippen molar-refractivity contribution < 1.29 is 9.67 Å². The Balaban J connectivity index is 2.07. The SMILES string of the molecule is Cc1ccc(C)c(NC(=S)/C(=C(\[O-])c2ccc(Br)cc2)[n+]2ccccc2)c1. The van der Waals surface area contributed by atoms with Gasteiger partial charge in [0.15, 0.2) is 17.4 Å². The molecule has 1 N–H and O–H groups in total. The number of hydrogen-bond acceptors (Lipinski definition) is 2. The lowest BCUT2D eigenvalue weighted by molar-refractivity contribution is -0.577. The Morgan fingerprint density at radius 2 is 1.67 bits per heavy atom. The fourth-order valence-corrected chi connectivity index (χ4v) is 3.25. The van der Waals surface area contributed by atoms with Crippen molar-refractivity contribution in [3.63, 3.8) is 0 Å². The largest absolute Gasteiger partial charge is 0.867 e. The summed E-state index contributed by atoms with van der Waals surface area (Å²) in [6, 6.07) is 19.0. The van der Waals surface area contributed by atoms with E-state index in [1.807, 2.05) is 74.8 Å². The van der Waals surface area contributed by atoms with Crippen LogP contribution in [0.25, 0.3) is 11.5 Å². The molecule has 3 aromatic rings. The highest BCUT2D eigenvalue weighted by Crippen LogP contribution is 2.21. The summed E-state index contributed by atoms with van der Waals surface area (Å²) in [4.78, 5) is 0.382. The predicted octanol–water partition coefficient (Wildman–Crippen LogP) is 4.48. The van der Waals surface area contributed by atoms with Gasteiger partial charge in [0.2, 0.25) is 5.70 Å². The number of nitrogens with one attached hydrogen (secondary N) is 1. The van der Waals surface area contributed by atoms with Gasteiger partial charge in [0, 0.05) is 22.3 Å². The number of benzene rings is 2. The Kier molecular flexibility index (Phi) is 6.04. The Morgan fingerprint density at radius 3 is 2.33 bits per heavy atom. The van der Waals surface area contributed by atoms with Crippen molar-refractivity contribution in [3.05, 3.63) is 94.2 Å². The quantitative estimate of drug-likeness (QED) is 0.282. The van der Waals surface area contributed by atoms with Gasteiger partial charge in [0.1, 0.15) is 0 Å². The molecule has 0 aliphatic carbocycles. The molecule has 0 unspecified atom stereocenters. The fourth-order valence-electron chi connectivity index (χ4n) is 2.68. The minimum absolute atomic E-state index is 0.137. The minimum Gasteiger partial charge on any atom is -0.867 e. The number of thiocarbonyl (C=S) groups is 1. The minimum atomic E-state index is -0.137. The van der Waals surface area contributed by atoms with Crippen LogP contribution >= 0.6 is 28.1 Å². The zero-order valence-electron chi connectivity index (χ0n) is 15.1. The van der Waals surface area contributed by atoms with Crippen LogP contribution < -0.4 is 15.0 Å². The molecule has 27 heavy (non-hydrogen) atoms. The zero-order chi connectivity index (χ0) is 19.4. The third-order valence-corrected chi connectivity index (χ3v) is 4.98. The average Bonchev–Trinajstić information content (AvgIpc) is 2.66. The summed E-state index contributed by atoms with van der Waals surface area (Å²) in [7, 11) is 0. The molecule has 0 radical (unpaired) electrons. The van der Waals surface area contributed by atoms with E-state index in [4.69, 9.17) is 12.2 Å². The summed E-state index contributed by atoms with van der Waals surface area (Å²) in [5.74, 6) is -0.137. The van der Waals surface area contributed by atoms with Gasteiger partial charge in [-0.25, -0.2) is 0 Å². The third-order valence-electron chi connectivity index (χ3n) is 4.15. The third kappa shape index (κ3) is 4.62. The van der Waals surface area contributed by atoms with Crippen LogP contribution in [0.3, 0.4) is 0 Å². The van der Waals surface area contributed by atoms with Crippen molar-refractivity contribution in [2.45, 2.75) is 13.8 Å². The maximum atomic E-state index is 13.2. The Hall–Kier alpha value is -2.50. The van der Waals surface area contributed by atoms with Gasteiger partial charge in [0.05, 0.1) is 0 Å². The second-order valence-corrected chi connectivity index (χ2v) is 7.56. The normalized spacial score (nSPS) is 11.7. The molecule has 1 aromatic heterocycles. The number of aryl methyl sites for hydroxylation is 2. The summed E-state index contributed by atoms with van der Waals surface area (Å²) in [5, 5.41) is 16.5. The van der Waals surface area contributed by atoms with Crippen molar-refractivity contribution in [1.29, 1.82) is 0 Å². The van der Waals surface area contributed by atoms with Crippen molar-refractivity contribution >= 4 is 50.3 Å². The van der Waals surface area contributed by atoms with Crippen LogP contribution in [0.5, 0.6) is 0 Å². The summed E-state index contributed by atoms with van der Waals surface area (Å²) in [6.07, 6.45) is 3.65. The van der Waals surface area contributed by atoms with E-state index in [-0.39, 0.29) is 5.76 Å². The highest BCUT2D eigenvalue weighted by Gasteiger charge is 2.19. The lowest BCUT2D eigenvalue weighted by Gasteiger charge is -2.18. The van der Waals surface area contributed by atoms with E-state index in [1.165, 1.54) is 0 Å². The number of anilines is 1. The fraction of sp³-hybridized carbons (Fsp3) is 0.0909. The molecule has 3 rings (SSSR count). The molecule has 5 heteroatoms. The number of rotatable bonds is 4. The molecule has 0 atom stereocenters. The van der Waals surface area contributed by atoms with Gasteiger partial charge < -0.3 is 10.4 Å². The molecular weight excluding hydrogens is 420 g/mol. The van der Waals surface area contributed by atoms with Crippen LogP contribution in [0, 0.1) is 13.8 Å². The standard InChI is InChI=1S/C22H19BrN2OS/c1-15-6-7-16(2)19(14-15)24-22(27)20(25-12-4-3-5-13-25)21(26)17-8-10-18(23)11-9-17/h3-14H,1-2H3,(H-,24,26,27). The molecule has 0 spiro atoms. The summed E-state index contributed by atoms with van der Waals surface area (Å²) in [6.45, 7) is 4.04. The van der Waals surface area contributed by atoms with Crippen LogP contribution in [-0.2, 0) is 0 Å². The Bertz CT molecular complexity index is 999. The van der Waals surface area contributed by atoms with Crippen LogP contribution in [0.15, 0.2) is 77.5 Å². The molecule has 0 aliphatic heterocycles. The van der Waals surface area contributed by atoms with Gasteiger partial charge in [0.25, 0.3) is 0 Å². The van der Waals surface area contributed by atoms with E-state index in [0.29, 0.717) is 16.2 Å². The molecule has 0 fully saturated rings. The van der Waals surface area contributed by atoms with Gasteiger partial charge in [-0.1, -0.05) is 58.5 Å². The molecular formula is C22H19BrN2OS. The summed E-state index contributed by atoms with van der Waals surface area (Å²) in [5.41, 5.74) is 4.08. The smallest absolute Gasteiger partial charge is 0.238 e. The van der Waals surface area contributed by atoms with Crippen LogP contribution in [0.1, 0.15) is 16.7 Å². The number of aromatic nitrogens is 1. The molecule has 0 saturated carbocycles. The number of hydrogen-bond donors (Lipinski definition) is 1. The van der Waals surface area contributed by atoms with Crippen molar-refractivity contribution in [2.24, 2.45) is 0 Å². The lowest BCUT2D eigenvalue weighted by atomic mass is 10.1. The summed E-state index contributed by atoms with van der Waals surface area (Å²) >= 11 is 9.05. The topological polar surface area (TPSA) is 39.0 Å². The van der Waals surface area contributed by atoms with Gasteiger partial charge in [-0.15, -0.1) is 0 Å². The number of halogens is 1. The van der Waals surface area contributed by atoms with Crippen LogP contribution in [-0.4, -0.2) is 4.99 Å². The second kappa shape index (κ2) is 8.46. The van der Waals surface area contributed by atoms with E-state index in [2.05, 4.69) is 21.2 Å². The van der Waals surface area contributed by atoms with Gasteiger partial charge in [-0.05, 0) is 54.5 Å². The Morgan fingerprint density at radius 1 is 1.00 bits per heavy atom. The van der Waals surface area contributed by atoms with E-state index in [9.17, 15) is 5.11 Å². The maximum Gasteiger partial charge on any atom is 0.238 e. The molecule has 0 saturated heterocycles. The van der Waals surface area contributed by atoms with Gasteiger partial charge in [-0.3, -0.25) is 0 Å². The van der Waals surface area contributed by atoms with Crippen molar-refractivity contribution in [3.8, 4) is 0 Å². The first-order chi connectivity index (χ1) is 13.0. The van der Waals surface area contributed by atoms with E-state index in [0.717, 1.165) is 21.3 Å². The predicted molar refractivity (Wildman–Crippen MR) is 116 cm³/mol. The highest BCUT2D eigenvalue weighted by molar-refractivity contribution is 9.10. The Labute approximate surface area is 173 Å². The zero-order valence-corrected chi connectivity index (χ0v) is 17.5. The first kappa shape index (κ1) is 19.3. The van der Waals surface area contributed by atoms with E-state index in [1.54, 1.807) is 16.7 Å². The van der Waals surface area contributed by atoms with Crippen molar-refractivity contribution in [1.82, 2.24) is 0 Å².